The molecule has 0 unspecified atom stereocenters. The van der Waals surface area contributed by atoms with Crippen LogP contribution in [0.5, 0.6) is 5.75 Å². The van der Waals surface area contributed by atoms with Crippen LogP contribution in [0.15, 0.2) is 53.6 Å². The van der Waals surface area contributed by atoms with Gasteiger partial charge in [-0.05, 0) is 29.7 Å². The van der Waals surface area contributed by atoms with E-state index in [1.165, 1.54) is 12.7 Å². The summed E-state index contributed by atoms with van der Waals surface area (Å²) in [5.41, 5.74) is 5.16. The van der Waals surface area contributed by atoms with E-state index >= 15 is 0 Å². The molecule has 0 aliphatic rings. The smallest absolute Gasteiger partial charge is 0.275 e. The number of hydrogen-bond acceptors (Lipinski definition) is 3. The van der Waals surface area contributed by atoms with Crippen molar-refractivity contribution < 1.29 is 9.53 Å². The van der Waals surface area contributed by atoms with Crippen molar-refractivity contribution in [2.75, 3.05) is 7.11 Å². The summed E-state index contributed by atoms with van der Waals surface area (Å²) in [6.45, 7) is 2.11. The Morgan fingerprint density at radius 3 is 2.57 bits per heavy atom. The number of para-hydroxylation sites is 1. The van der Waals surface area contributed by atoms with Gasteiger partial charge in [0.05, 0.1) is 18.9 Å². The van der Waals surface area contributed by atoms with E-state index in [-0.39, 0.29) is 5.91 Å². The number of benzene rings is 2. The number of carbonyl (C=O) groups is 1. The van der Waals surface area contributed by atoms with Crippen molar-refractivity contribution in [2.45, 2.75) is 13.3 Å². The van der Waals surface area contributed by atoms with E-state index in [0.29, 0.717) is 11.3 Å². The lowest BCUT2D eigenvalue weighted by Gasteiger charge is -2.05. The van der Waals surface area contributed by atoms with Gasteiger partial charge in [0.1, 0.15) is 5.75 Å². The summed E-state index contributed by atoms with van der Waals surface area (Å²) in [5.74, 6) is 0.228. The van der Waals surface area contributed by atoms with E-state index in [0.717, 1.165) is 12.0 Å². The number of rotatable bonds is 5. The first-order valence-electron chi connectivity index (χ1n) is 6.80. The molecule has 4 heteroatoms. The van der Waals surface area contributed by atoms with Crippen molar-refractivity contribution in [2.24, 2.45) is 5.10 Å². The number of amides is 1. The van der Waals surface area contributed by atoms with Crippen molar-refractivity contribution in [1.29, 1.82) is 0 Å². The lowest BCUT2D eigenvalue weighted by atomic mass is 10.1. The van der Waals surface area contributed by atoms with Crippen LogP contribution in [-0.4, -0.2) is 19.2 Å². The Bertz CT molecular complexity index is 633. The van der Waals surface area contributed by atoms with Crippen LogP contribution < -0.4 is 10.2 Å². The van der Waals surface area contributed by atoms with Gasteiger partial charge in [-0.3, -0.25) is 4.79 Å². The fourth-order valence-corrected chi connectivity index (χ4v) is 1.90. The number of hydrogen-bond donors (Lipinski definition) is 1. The number of nitrogens with one attached hydrogen (secondary N) is 1. The highest BCUT2D eigenvalue weighted by atomic mass is 16.5. The van der Waals surface area contributed by atoms with Gasteiger partial charge in [0.15, 0.2) is 0 Å². The van der Waals surface area contributed by atoms with Gasteiger partial charge in [-0.25, -0.2) is 5.43 Å². The largest absolute Gasteiger partial charge is 0.496 e. The minimum absolute atomic E-state index is 0.297. The highest BCUT2D eigenvalue weighted by Crippen LogP contribution is 2.16. The highest BCUT2D eigenvalue weighted by molar-refractivity contribution is 5.97. The number of ether oxygens (including phenoxy) is 1. The molecular formula is C17H18N2O2. The zero-order valence-corrected chi connectivity index (χ0v) is 12.2. The van der Waals surface area contributed by atoms with Gasteiger partial charge in [0.2, 0.25) is 0 Å². The molecule has 0 heterocycles. The number of aryl methyl sites for hydroxylation is 1. The number of nitrogens with zero attached hydrogens (tertiary/aromatic N) is 1. The quantitative estimate of drug-likeness (QED) is 0.677. The summed E-state index contributed by atoms with van der Waals surface area (Å²) < 4.78 is 5.14. The monoisotopic (exact) mass is 282 g/mol. The van der Waals surface area contributed by atoms with Crippen LogP contribution in [0, 0.1) is 0 Å². The van der Waals surface area contributed by atoms with Crippen LogP contribution in [0.4, 0.5) is 0 Å². The van der Waals surface area contributed by atoms with Crippen molar-refractivity contribution in [3.05, 3.63) is 65.2 Å². The molecule has 0 saturated heterocycles. The molecule has 4 nitrogen and oxygen atoms in total. The summed E-state index contributed by atoms with van der Waals surface area (Å²) in [6.07, 6.45) is 2.62. The molecule has 0 bridgehead atoms. The zero-order valence-electron chi connectivity index (χ0n) is 12.2. The molecule has 0 aliphatic heterocycles. The van der Waals surface area contributed by atoms with Crippen molar-refractivity contribution in [3.63, 3.8) is 0 Å². The van der Waals surface area contributed by atoms with E-state index in [1.807, 2.05) is 30.3 Å². The molecule has 0 aromatic heterocycles. The minimum Gasteiger partial charge on any atom is -0.496 e. The second kappa shape index (κ2) is 7.24. The third kappa shape index (κ3) is 3.92. The maximum atomic E-state index is 12.0. The number of carbonyl (C=O) groups excluding carboxylic acids is 1. The topological polar surface area (TPSA) is 50.7 Å². The standard InChI is InChI=1S/C17H18N2O2/c1-3-13-8-10-14(11-9-13)12-18-19-17(20)15-6-4-5-7-16(15)21-2/h4-12H,3H2,1-2H3,(H,19,20)/b18-12+. The SMILES string of the molecule is CCc1ccc(/C=N/NC(=O)c2ccccc2OC)cc1. The van der Waals surface area contributed by atoms with Crippen LogP contribution >= 0.6 is 0 Å². The summed E-state index contributed by atoms with van der Waals surface area (Å²) in [5, 5.41) is 3.97. The molecule has 2 rings (SSSR count). The van der Waals surface area contributed by atoms with E-state index in [4.69, 9.17) is 4.74 Å². The van der Waals surface area contributed by atoms with Crippen LogP contribution in [0.2, 0.25) is 0 Å². The average Bonchev–Trinajstić information content (AvgIpc) is 2.55. The van der Waals surface area contributed by atoms with Gasteiger partial charge in [-0.2, -0.15) is 5.10 Å². The Morgan fingerprint density at radius 1 is 1.19 bits per heavy atom. The molecular weight excluding hydrogens is 264 g/mol. The second-order valence-electron chi connectivity index (χ2n) is 4.49. The van der Waals surface area contributed by atoms with Crippen molar-refractivity contribution >= 4 is 12.1 Å². The van der Waals surface area contributed by atoms with Gasteiger partial charge in [0.25, 0.3) is 5.91 Å². The fourth-order valence-electron chi connectivity index (χ4n) is 1.90. The second-order valence-corrected chi connectivity index (χ2v) is 4.49. The Labute approximate surface area is 124 Å². The Kier molecular flexibility index (Phi) is 5.10. The first-order valence-corrected chi connectivity index (χ1v) is 6.80. The molecule has 0 spiro atoms. The van der Waals surface area contributed by atoms with Gasteiger partial charge in [-0.15, -0.1) is 0 Å². The predicted molar refractivity (Wildman–Crippen MR) is 83.9 cm³/mol. The van der Waals surface area contributed by atoms with Crippen molar-refractivity contribution in [3.8, 4) is 5.75 Å². The fraction of sp³-hybridized carbons (Fsp3) is 0.176. The average molecular weight is 282 g/mol. The van der Waals surface area contributed by atoms with E-state index < -0.39 is 0 Å². The lowest BCUT2D eigenvalue weighted by molar-refractivity contribution is 0.0952. The maximum absolute atomic E-state index is 12.0. The number of hydrazone groups is 1. The predicted octanol–water partition coefficient (Wildman–Crippen LogP) is 3.02. The zero-order chi connectivity index (χ0) is 15.1. The summed E-state index contributed by atoms with van der Waals surface area (Å²) in [6, 6.07) is 15.1. The lowest BCUT2D eigenvalue weighted by Crippen LogP contribution is -2.18. The van der Waals surface area contributed by atoms with Gasteiger partial charge in [-0.1, -0.05) is 43.3 Å². The molecule has 0 atom stereocenters. The molecule has 0 radical (unpaired) electrons. The van der Waals surface area contributed by atoms with E-state index in [1.54, 1.807) is 24.4 Å². The Morgan fingerprint density at radius 2 is 1.90 bits per heavy atom. The molecule has 0 fully saturated rings. The molecule has 0 aliphatic carbocycles. The van der Waals surface area contributed by atoms with Crippen LogP contribution in [0.1, 0.15) is 28.4 Å². The third-order valence-electron chi connectivity index (χ3n) is 3.12. The van der Waals surface area contributed by atoms with Gasteiger partial charge in [0, 0.05) is 0 Å². The first-order chi connectivity index (χ1) is 10.2. The van der Waals surface area contributed by atoms with Crippen molar-refractivity contribution in [1.82, 2.24) is 5.43 Å². The van der Waals surface area contributed by atoms with E-state index in [2.05, 4.69) is 17.5 Å². The molecule has 21 heavy (non-hydrogen) atoms. The molecule has 2 aromatic rings. The molecule has 1 amide bonds. The van der Waals surface area contributed by atoms with Gasteiger partial charge < -0.3 is 4.74 Å². The molecule has 0 saturated carbocycles. The minimum atomic E-state index is -0.297. The summed E-state index contributed by atoms with van der Waals surface area (Å²) in [4.78, 5) is 12.0. The van der Waals surface area contributed by atoms with E-state index in [9.17, 15) is 4.79 Å². The number of methoxy groups -OCH3 is 1. The normalized spacial score (nSPS) is 10.6. The first kappa shape index (κ1) is 14.8. The maximum Gasteiger partial charge on any atom is 0.275 e. The molecule has 108 valence electrons. The Balaban J connectivity index is 2.01. The highest BCUT2D eigenvalue weighted by Gasteiger charge is 2.09. The molecule has 2 aromatic carbocycles. The van der Waals surface area contributed by atoms with Crippen LogP contribution in [-0.2, 0) is 6.42 Å². The van der Waals surface area contributed by atoms with Crippen LogP contribution in [0.25, 0.3) is 0 Å². The molecule has 1 N–H and O–H groups in total. The van der Waals surface area contributed by atoms with Gasteiger partial charge >= 0.3 is 0 Å². The van der Waals surface area contributed by atoms with Crippen LogP contribution in [0.3, 0.4) is 0 Å². The summed E-state index contributed by atoms with van der Waals surface area (Å²) in [7, 11) is 1.53. The summed E-state index contributed by atoms with van der Waals surface area (Å²) >= 11 is 0. The third-order valence-corrected chi connectivity index (χ3v) is 3.12. The Hall–Kier alpha value is -2.62.